The van der Waals surface area contributed by atoms with Gasteiger partial charge < -0.3 is 18.9 Å². The van der Waals surface area contributed by atoms with Gasteiger partial charge in [0.2, 0.25) is 5.91 Å². The molecule has 0 radical (unpaired) electrons. The van der Waals surface area contributed by atoms with Gasteiger partial charge in [0.15, 0.2) is 17.6 Å². The molecule has 3 aromatic rings. The van der Waals surface area contributed by atoms with Crippen molar-refractivity contribution in [3.63, 3.8) is 0 Å². The van der Waals surface area contributed by atoms with Gasteiger partial charge in [-0.3, -0.25) is 14.4 Å². The van der Waals surface area contributed by atoms with Crippen molar-refractivity contribution < 1.29 is 33.4 Å². The molecule has 9 heteroatoms. The predicted molar refractivity (Wildman–Crippen MR) is 136 cm³/mol. The van der Waals surface area contributed by atoms with Gasteiger partial charge in [0.25, 0.3) is 5.91 Å². The van der Waals surface area contributed by atoms with Crippen molar-refractivity contribution >= 4 is 23.2 Å². The van der Waals surface area contributed by atoms with E-state index < -0.39 is 24.0 Å². The molecule has 3 atom stereocenters. The number of hydrogen-bond donors (Lipinski definition) is 0. The van der Waals surface area contributed by atoms with Crippen molar-refractivity contribution in [1.82, 2.24) is 0 Å². The normalized spacial score (nSPS) is 20.7. The van der Waals surface area contributed by atoms with Crippen LogP contribution < -0.4 is 28.9 Å². The molecule has 37 heavy (non-hydrogen) atoms. The first-order valence-corrected chi connectivity index (χ1v) is 11.9. The topological polar surface area (TPSA) is 86.8 Å². The summed E-state index contributed by atoms with van der Waals surface area (Å²) in [5, 5.41) is 1.62. The maximum atomic E-state index is 13.9. The average Bonchev–Trinajstić information content (AvgIpc) is 3.44. The van der Waals surface area contributed by atoms with E-state index in [1.54, 1.807) is 48.6 Å². The van der Waals surface area contributed by atoms with Gasteiger partial charge >= 0.3 is 0 Å². The largest absolute Gasteiger partial charge is 0.496 e. The average molecular weight is 505 g/mol. The number of imide groups is 1. The van der Waals surface area contributed by atoms with Crippen molar-refractivity contribution in [2.75, 3.05) is 37.9 Å². The number of amides is 2. The Morgan fingerprint density at radius 2 is 1.43 bits per heavy atom. The summed E-state index contributed by atoms with van der Waals surface area (Å²) < 4.78 is 22.2. The molecule has 0 aromatic heterocycles. The summed E-state index contributed by atoms with van der Waals surface area (Å²) >= 11 is 0. The van der Waals surface area contributed by atoms with E-state index >= 15 is 0 Å². The monoisotopic (exact) mass is 504 g/mol. The molecule has 0 spiro atoms. The van der Waals surface area contributed by atoms with E-state index in [1.165, 1.54) is 19.1 Å². The zero-order chi connectivity index (χ0) is 26.1. The van der Waals surface area contributed by atoms with Crippen LogP contribution in [0.15, 0.2) is 66.7 Å². The number of anilines is 2. The van der Waals surface area contributed by atoms with Crippen LogP contribution in [0.4, 0.5) is 11.4 Å². The number of hydrogen-bond acceptors (Lipinski definition) is 8. The molecule has 9 nitrogen and oxygen atoms in total. The Morgan fingerprint density at radius 3 is 2.05 bits per heavy atom. The van der Waals surface area contributed by atoms with Crippen molar-refractivity contribution in [2.45, 2.75) is 19.1 Å². The predicted octanol–water partition coefficient (Wildman–Crippen LogP) is 4.16. The van der Waals surface area contributed by atoms with Gasteiger partial charge in [0, 0.05) is 11.6 Å². The van der Waals surface area contributed by atoms with Crippen molar-refractivity contribution in [3.05, 3.63) is 72.3 Å². The molecule has 0 N–H and O–H groups in total. The fourth-order valence-corrected chi connectivity index (χ4v) is 4.93. The van der Waals surface area contributed by atoms with Crippen LogP contribution in [0.3, 0.4) is 0 Å². The molecule has 2 fully saturated rings. The second-order valence-electron chi connectivity index (χ2n) is 8.55. The summed E-state index contributed by atoms with van der Waals surface area (Å²) in [7, 11) is 4.61. The zero-order valence-corrected chi connectivity index (χ0v) is 21.0. The summed E-state index contributed by atoms with van der Waals surface area (Å²) in [4.78, 5) is 34.9. The van der Waals surface area contributed by atoms with Crippen LogP contribution in [0.25, 0.3) is 0 Å². The molecule has 2 amide bonds. The second-order valence-corrected chi connectivity index (χ2v) is 8.55. The van der Waals surface area contributed by atoms with Crippen LogP contribution >= 0.6 is 0 Å². The number of carbonyl (C=O) groups is 2. The molecule has 0 aliphatic carbocycles. The maximum absolute atomic E-state index is 13.9. The molecular weight excluding hydrogens is 476 g/mol. The molecule has 192 valence electrons. The summed E-state index contributed by atoms with van der Waals surface area (Å²) in [6.07, 6.45) is -1.01. The Bertz CT molecular complexity index is 1300. The van der Waals surface area contributed by atoms with Crippen molar-refractivity contribution in [1.29, 1.82) is 0 Å². The Kier molecular flexibility index (Phi) is 6.62. The molecule has 5 rings (SSSR count). The highest BCUT2D eigenvalue weighted by atomic mass is 16.7. The minimum absolute atomic E-state index is 0.362. The van der Waals surface area contributed by atoms with Crippen LogP contribution in [0, 0.1) is 5.92 Å². The first kappa shape index (κ1) is 24.5. The van der Waals surface area contributed by atoms with Gasteiger partial charge in [-0.2, -0.15) is 0 Å². The minimum Gasteiger partial charge on any atom is -0.496 e. The lowest BCUT2D eigenvalue weighted by Crippen LogP contribution is -2.37. The molecule has 2 aliphatic rings. The van der Waals surface area contributed by atoms with Crippen LogP contribution in [0.1, 0.15) is 18.5 Å². The molecule has 2 aliphatic heterocycles. The third-order valence-electron chi connectivity index (χ3n) is 6.59. The Balaban J connectivity index is 1.61. The van der Waals surface area contributed by atoms with Crippen molar-refractivity contribution in [2.24, 2.45) is 5.92 Å². The fourth-order valence-electron chi connectivity index (χ4n) is 4.93. The molecule has 2 saturated heterocycles. The van der Waals surface area contributed by atoms with E-state index in [0.717, 1.165) is 0 Å². The SMILES string of the molecule is CCOc1ccc(N2C(=O)C3ON(c4ccccc4)C(c4cc(OC)c(OC)cc4OC)C3C2=O)cc1. The van der Waals surface area contributed by atoms with Gasteiger partial charge in [-0.1, -0.05) is 18.2 Å². The van der Waals surface area contributed by atoms with Crippen LogP contribution in [-0.2, 0) is 14.4 Å². The molecule has 2 heterocycles. The van der Waals surface area contributed by atoms with Crippen LogP contribution in [0.2, 0.25) is 0 Å². The van der Waals surface area contributed by atoms with Crippen LogP contribution in [-0.4, -0.2) is 45.9 Å². The number of rotatable bonds is 8. The first-order valence-electron chi connectivity index (χ1n) is 11.9. The van der Waals surface area contributed by atoms with E-state index in [4.69, 9.17) is 23.8 Å². The summed E-state index contributed by atoms with van der Waals surface area (Å²) in [5.41, 5.74) is 1.79. The van der Waals surface area contributed by atoms with Gasteiger partial charge in [0.1, 0.15) is 23.5 Å². The number of methoxy groups -OCH3 is 3. The van der Waals surface area contributed by atoms with Gasteiger partial charge in [-0.05, 0) is 49.4 Å². The Labute approximate surface area is 215 Å². The highest BCUT2D eigenvalue weighted by Gasteiger charge is 2.61. The molecular formula is C28H28N2O7. The fraction of sp³-hybridized carbons (Fsp3) is 0.286. The minimum atomic E-state index is -1.01. The Morgan fingerprint density at radius 1 is 0.784 bits per heavy atom. The lowest BCUT2D eigenvalue weighted by Gasteiger charge is -2.30. The highest BCUT2D eigenvalue weighted by molar-refractivity contribution is 6.24. The van der Waals surface area contributed by atoms with E-state index in [-0.39, 0.29) is 5.91 Å². The lowest BCUT2D eigenvalue weighted by molar-refractivity contribution is -0.126. The number of nitrogens with zero attached hydrogens (tertiary/aromatic N) is 2. The second kappa shape index (κ2) is 10.0. The maximum Gasteiger partial charge on any atom is 0.266 e. The van der Waals surface area contributed by atoms with E-state index in [0.29, 0.717) is 46.5 Å². The van der Waals surface area contributed by atoms with Gasteiger partial charge in [-0.15, -0.1) is 0 Å². The quantitative estimate of drug-likeness (QED) is 0.423. The smallest absolute Gasteiger partial charge is 0.266 e. The summed E-state index contributed by atoms with van der Waals surface area (Å²) in [6.45, 7) is 2.41. The highest BCUT2D eigenvalue weighted by Crippen LogP contribution is 2.51. The van der Waals surface area contributed by atoms with E-state index in [1.807, 2.05) is 37.3 Å². The summed E-state index contributed by atoms with van der Waals surface area (Å²) in [5.74, 6) is 0.467. The number of para-hydroxylation sites is 1. The molecule has 0 bridgehead atoms. The van der Waals surface area contributed by atoms with E-state index in [9.17, 15) is 9.59 Å². The molecule has 3 aromatic carbocycles. The zero-order valence-electron chi connectivity index (χ0n) is 21.0. The van der Waals surface area contributed by atoms with Gasteiger partial charge in [-0.25, -0.2) is 9.96 Å². The Hall–Kier alpha value is -4.24. The number of carbonyl (C=O) groups excluding carboxylic acids is 2. The van der Waals surface area contributed by atoms with Gasteiger partial charge in [0.05, 0.1) is 39.3 Å². The van der Waals surface area contributed by atoms with Crippen LogP contribution in [0.5, 0.6) is 23.0 Å². The third kappa shape index (κ3) is 4.11. The van der Waals surface area contributed by atoms with Crippen molar-refractivity contribution in [3.8, 4) is 23.0 Å². The lowest BCUT2D eigenvalue weighted by atomic mass is 9.89. The number of fused-ring (bicyclic) bond motifs is 1. The number of benzene rings is 3. The first-order chi connectivity index (χ1) is 18.0. The van der Waals surface area contributed by atoms with E-state index in [2.05, 4.69) is 0 Å². The number of ether oxygens (including phenoxy) is 4. The molecule has 3 unspecified atom stereocenters. The summed E-state index contributed by atoms with van der Waals surface area (Å²) in [6, 6.07) is 19.0. The standard InChI is InChI=1S/C28H28N2O7/c1-5-36-19-13-11-17(12-14-19)29-27(31)24-25(20-15-22(34-3)23(35-4)16-21(20)33-2)30(37-26(24)28(29)32)18-9-7-6-8-10-18/h6-16,24-26H,5H2,1-4H3. The molecule has 0 saturated carbocycles. The third-order valence-corrected chi connectivity index (χ3v) is 6.59. The number of hydroxylamine groups is 1.